The number of aryl methyl sites for hydroxylation is 1. The minimum atomic E-state index is -1.000. The quantitative estimate of drug-likeness (QED) is 0.701. The van der Waals surface area contributed by atoms with Crippen molar-refractivity contribution in [2.24, 2.45) is 0 Å². The number of carboxylic acids is 1. The Balaban J connectivity index is 1.92. The van der Waals surface area contributed by atoms with Crippen molar-refractivity contribution in [3.8, 4) is 0 Å². The molecule has 0 spiro atoms. The third-order valence-corrected chi connectivity index (χ3v) is 4.43. The number of benzene rings is 2. The average Bonchev–Trinajstić information content (AvgIpc) is 2.80. The Morgan fingerprint density at radius 1 is 1.24 bits per heavy atom. The summed E-state index contributed by atoms with van der Waals surface area (Å²) in [7, 11) is 0. The molecule has 4 nitrogen and oxygen atoms in total. The summed E-state index contributed by atoms with van der Waals surface area (Å²) in [4.78, 5) is 15.8. The fraction of sp³-hybridized carbons (Fsp3) is 0.0667. The van der Waals surface area contributed by atoms with Gasteiger partial charge in [-0.15, -0.1) is 11.3 Å². The molecule has 0 atom stereocenters. The van der Waals surface area contributed by atoms with Crippen LogP contribution >= 0.6 is 27.3 Å². The lowest BCUT2D eigenvalue weighted by Crippen LogP contribution is -1.99. The molecule has 21 heavy (non-hydrogen) atoms. The van der Waals surface area contributed by atoms with Gasteiger partial charge in [-0.05, 0) is 42.0 Å². The monoisotopic (exact) mass is 362 g/mol. The minimum Gasteiger partial charge on any atom is -0.476 e. The Bertz CT molecular complexity index is 845. The highest BCUT2D eigenvalue weighted by Crippen LogP contribution is 2.28. The number of aromatic nitrogens is 1. The van der Waals surface area contributed by atoms with Crippen molar-refractivity contribution < 1.29 is 9.90 Å². The Labute approximate surface area is 133 Å². The maximum absolute atomic E-state index is 11.0. The second-order valence-electron chi connectivity index (χ2n) is 4.56. The van der Waals surface area contributed by atoms with E-state index in [0.717, 1.165) is 20.9 Å². The van der Waals surface area contributed by atoms with E-state index < -0.39 is 5.97 Å². The highest BCUT2D eigenvalue weighted by atomic mass is 79.9. The van der Waals surface area contributed by atoms with Crippen LogP contribution in [0.1, 0.15) is 15.4 Å². The number of nitrogens with one attached hydrogen (secondary N) is 1. The van der Waals surface area contributed by atoms with Crippen molar-refractivity contribution >= 4 is 54.8 Å². The van der Waals surface area contributed by atoms with E-state index in [4.69, 9.17) is 5.11 Å². The molecule has 0 aliphatic heterocycles. The molecular formula is C15H11BrN2O2S. The summed E-state index contributed by atoms with van der Waals surface area (Å²) in [6, 6.07) is 12.0. The number of nitrogens with zero attached hydrogens (tertiary/aromatic N) is 1. The molecule has 1 aromatic heterocycles. The van der Waals surface area contributed by atoms with Crippen LogP contribution in [0.5, 0.6) is 0 Å². The van der Waals surface area contributed by atoms with Crippen molar-refractivity contribution in [1.82, 2.24) is 4.98 Å². The molecule has 0 fully saturated rings. The van der Waals surface area contributed by atoms with Gasteiger partial charge in [-0.1, -0.05) is 28.1 Å². The Morgan fingerprint density at radius 2 is 1.95 bits per heavy atom. The Hall–Kier alpha value is -1.92. The van der Waals surface area contributed by atoms with Gasteiger partial charge in [-0.2, -0.15) is 0 Å². The molecule has 6 heteroatoms. The lowest BCUT2D eigenvalue weighted by atomic mass is 10.1. The molecule has 3 aromatic rings. The largest absolute Gasteiger partial charge is 0.476 e. The first-order valence-corrected chi connectivity index (χ1v) is 7.81. The van der Waals surface area contributed by atoms with Gasteiger partial charge >= 0.3 is 5.97 Å². The van der Waals surface area contributed by atoms with E-state index in [-0.39, 0.29) is 5.69 Å². The van der Waals surface area contributed by atoms with Crippen molar-refractivity contribution in [1.29, 1.82) is 0 Å². The Morgan fingerprint density at radius 3 is 2.67 bits per heavy atom. The first-order valence-electron chi connectivity index (χ1n) is 6.20. The van der Waals surface area contributed by atoms with Crippen molar-refractivity contribution in [2.45, 2.75) is 6.92 Å². The molecule has 2 N–H and O–H groups in total. The van der Waals surface area contributed by atoms with Gasteiger partial charge in [0.1, 0.15) is 0 Å². The van der Waals surface area contributed by atoms with Crippen molar-refractivity contribution in [3.63, 3.8) is 0 Å². The summed E-state index contributed by atoms with van der Waals surface area (Å²) in [6.07, 6.45) is 0. The third-order valence-electron chi connectivity index (χ3n) is 3.05. The number of aromatic carboxylic acids is 1. The van der Waals surface area contributed by atoms with Crippen LogP contribution in [0.4, 0.5) is 10.8 Å². The van der Waals surface area contributed by atoms with Gasteiger partial charge in [0.2, 0.25) is 0 Å². The SMILES string of the molecule is Cc1sc(Nc2ccc3cc(Br)ccc3c2)nc1C(=O)O. The molecule has 106 valence electrons. The van der Waals surface area contributed by atoms with E-state index in [9.17, 15) is 4.79 Å². The molecule has 3 rings (SSSR count). The van der Waals surface area contributed by atoms with Crippen LogP contribution in [0.15, 0.2) is 40.9 Å². The predicted molar refractivity (Wildman–Crippen MR) is 88.7 cm³/mol. The smallest absolute Gasteiger partial charge is 0.355 e. The highest BCUT2D eigenvalue weighted by Gasteiger charge is 2.14. The van der Waals surface area contributed by atoms with Gasteiger partial charge in [0, 0.05) is 15.0 Å². The first kappa shape index (κ1) is 14.0. The second kappa shape index (κ2) is 5.46. The fourth-order valence-electron chi connectivity index (χ4n) is 2.07. The van der Waals surface area contributed by atoms with Crippen LogP contribution in [0, 0.1) is 6.92 Å². The molecule has 0 bridgehead atoms. The summed E-state index contributed by atoms with van der Waals surface area (Å²) in [5.41, 5.74) is 0.989. The highest BCUT2D eigenvalue weighted by molar-refractivity contribution is 9.10. The first-order chi connectivity index (χ1) is 10.0. The molecule has 0 saturated heterocycles. The second-order valence-corrected chi connectivity index (χ2v) is 6.68. The Kier molecular flexibility index (Phi) is 3.65. The van der Waals surface area contributed by atoms with Crippen molar-refractivity contribution in [3.05, 3.63) is 51.4 Å². The van der Waals surface area contributed by atoms with Gasteiger partial charge in [0.15, 0.2) is 10.8 Å². The number of halogens is 1. The number of hydrogen-bond donors (Lipinski definition) is 2. The zero-order chi connectivity index (χ0) is 15.0. The lowest BCUT2D eigenvalue weighted by Gasteiger charge is -2.05. The number of carboxylic acid groups (broad SMARTS) is 1. The third kappa shape index (κ3) is 2.91. The van der Waals surface area contributed by atoms with E-state index >= 15 is 0 Å². The van der Waals surface area contributed by atoms with Gasteiger partial charge in [-0.25, -0.2) is 9.78 Å². The number of thiazole rings is 1. The average molecular weight is 363 g/mol. The number of fused-ring (bicyclic) bond motifs is 1. The molecule has 0 amide bonds. The minimum absolute atomic E-state index is 0.104. The molecule has 0 unspecified atom stereocenters. The number of rotatable bonds is 3. The van der Waals surface area contributed by atoms with Crippen LogP contribution in [0.2, 0.25) is 0 Å². The molecule has 0 saturated carbocycles. The van der Waals surface area contributed by atoms with E-state index in [2.05, 4.69) is 32.3 Å². The van der Waals surface area contributed by atoms with Crippen LogP contribution < -0.4 is 5.32 Å². The van der Waals surface area contributed by atoms with Crippen LogP contribution in [0.3, 0.4) is 0 Å². The summed E-state index contributed by atoms with van der Waals surface area (Å²) in [5, 5.41) is 15.0. The lowest BCUT2D eigenvalue weighted by molar-refractivity contribution is 0.0690. The van der Waals surface area contributed by atoms with Crippen LogP contribution in [-0.2, 0) is 0 Å². The predicted octanol–water partition coefficient (Wildman–Crippen LogP) is 4.81. The summed E-state index contributed by atoms with van der Waals surface area (Å²) in [6.45, 7) is 1.75. The zero-order valence-electron chi connectivity index (χ0n) is 11.1. The van der Waals surface area contributed by atoms with E-state index in [1.165, 1.54) is 11.3 Å². The van der Waals surface area contributed by atoms with Gasteiger partial charge in [0.05, 0.1) is 0 Å². The molecule has 0 aliphatic carbocycles. The molecule has 1 heterocycles. The topological polar surface area (TPSA) is 62.2 Å². The van der Waals surface area contributed by atoms with Gasteiger partial charge in [-0.3, -0.25) is 0 Å². The van der Waals surface area contributed by atoms with E-state index in [1.807, 2.05) is 30.3 Å². The zero-order valence-corrected chi connectivity index (χ0v) is 13.5. The number of hydrogen-bond acceptors (Lipinski definition) is 4. The summed E-state index contributed by atoms with van der Waals surface area (Å²) < 4.78 is 1.04. The normalized spacial score (nSPS) is 10.8. The molecule has 0 radical (unpaired) electrons. The fourth-order valence-corrected chi connectivity index (χ4v) is 3.27. The molecule has 2 aromatic carbocycles. The molecule has 0 aliphatic rings. The number of carbonyl (C=O) groups is 1. The summed E-state index contributed by atoms with van der Waals surface area (Å²) >= 11 is 4.78. The summed E-state index contributed by atoms with van der Waals surface area (Å²) in [5.74, 6) is -1.000. The van der Waals surface area contributed by atoms with Crippen LogP contribution in [-0.4, -0.2) is 16.1 Å². The number of anilines is 2. The van der Waals surface area contributed by atoms with Gasteiger partial charge < -0.3 is 10.4 Å². The van der Waals surface area contributed by atoms with Crippen molar-refractivity contribution in [2.75, 3.05) is 5.32 Å². The molecular weight excluding hydrogens is 352 g/mol. The maximum Gasteiger partial charge on any atom is 0.355 e. The van der Waals surface area contributed by atoms with E-state index in [1.54, 1.807) is 6.92 Å². The standard InChI is InChI=1S/C15H11BrN2O2S/c1-8-13(14(19)20)18-15(21-8)17-12-5-3-9-6-11(16)4-2-10(9)7-12/h2-7H,1H3,(H,17,18)(H,19,20). The van der Waals surface area contributed by atoms with E-state index in [0.29, 0.717) is 10.0 Å². The van der Waals surface area contributed by atoms with Gasteiger partial charge in [0.25, 0.3) is 0 Å². The maximum atomic E-state index is 11.0. The van der Waals surface area contributed by atoms with Crippen LogP contribution in [0.25, 0.3) is 10.8 Å².